The van der Waals surface area contributed by atoms with E-state index in [0.717, 1.165) is 35.5 Å². The Balaban J connectivity index is 2.81. The molecule has 17 heavy (non-hydrogen) atoms. The first kappa shape index (κ1) is 13.6. The molecule has 0 aliphatic heterocycles. The fourth-order valence-corrected chi connectivity index (χ4v) is 1.73. The van der Waals surface area contributed by atoms with Crippen LogP contribution in [0.25, 0.3) is 0 Å². The second kappa shape index (κ2) is 6.28. The highest BCUT2D eigenvalue weighted by Crippen LogP contribution is 2.23. The highest BCUT2D eigenvalue weighted by molar-refractivity contribution is 5.67. The largest absolute Gasteiger partial charge is 0.493 e. The summed E-state index contributed by atoms with van der Waals surface area (Å²) in [4.78, 5) is 10.6. The molecule has 0 saturated heterocycles. The zero-order chi connectivity index (χ0) is 12.8. The summed E-state index contributed by atoms with van der Waals surface area (Å²) >= 11 is 0. The molecule has 0 fully saturated rings. The van der Waals surface area contributed by atoms with E-state index in [1.165, 1.54) is 0 Å². The zero-order valence-corrected chi connectivity index (χ0v) is 10.7. The normalized spacial score (nSPS) is 10.3. The summed E-state index contributed by atoms with van der Waals surface area (Å²) in [5, 5.41) is 8.68. The molecule has 0 bridgehead atoms. The number of rotatable bonds is 6. The van der Waals surface area contributed by atoms with E-state index in [-0.39, 0.29) is 6.42 Å². The van der Waals surface area contributed by atoms with Gasteiger partial charge in [0.05, 0.1) is 6.61 Å². The van der Waals surface area contributed by atoms with Crippen molar-refractivity contribution in [2.45, 2.75) is 40.0 Å². The van der Waals surface area contributed by atoms with E-state index in [2.05, 4.69) is 6.92 Å². The van der Waals surface area contributed by atoms with Gasteiger partial charge in [0, 0.05) is 6.42 Å². The Kier molecular flexibility index (Phi) is 5.01. The summed E-state index contributed by atoms with van der Waals surface area (Å²) in [6.07, 6.45) is 1.74. The van der Waals surface area contributed by atoms with E-state index in [1.807, 2.05) is 26.0 Å². The van der Waals surface area contributed by atoms with Gasteiger partial charge in [-0.05, 0) is 49.4 Å². The molecule has 0 aliphatic carbocycles. The maximum Gasteiger partial charge on any atom is 0.303 e. The van der Waals surface area contributed by atoms with E-state index in [0.29, 0.717) is 6.42 Å². The highest BCUT2D eigenvalue weighted by atomic mass is 16.5. The van der Waals surface area contributed by atoms with Gasteiger partial charge in [-0.1, -0.05) is 13.0 Å². The monoisotopic (exact) mass is 236 g/mol. The third kappa shape index (κ3) is 4.10. The van der Waals surface area contributed by atoms with Crippen LogP contribution in [0.4, 0.5) is 0 Å². The summed E-state index contributed by atoms with van der Waals surface area (Å²) in [5.74, 6) is 0.150. The third-order valence-electron chi connectivity index (χ3n) is 2.70. The second-order valence-electron chi connectivity index (χ2n) is 4.29. The van der Waals surface area contributed by atoms with Crippen LogP contribution >= 0.6 is 0 Å². The molecular formula is C14H20O3. The average Bonchev–Trinajstić information content (AvgIpc) is 2.27. The lowest BCUT2D eigenvalue weighted by molar-refractivity contribution is -0.136. The van der Waals surface area contributed by atoms with Gasteiger partial charge in [0.15, 0.2) is 0 Å². The number of benzene rings is 1. The van der Waals surface area contributed by atoms with Crippen LogP contribution in [-0.2, 0) is 11.2 Å². The fraction of sp³-hybridized carbons (Fsp3) is 0.500. The average molecular weight is 236 g/mol. The fourth-order valence-electron chi connectivity index (χ4n) is 1.73. The molecule has 0 heterocycles. The molecule has 1 rings (SSSR count). The third-order valence-corrected chi connectivity index (χ3v) is 2.70. The van der Waals surface area contributed by atoms with Crippen LogP contribution in [0, 0.1) is 13.8 Å². The Morgan fingerprint density at radius 3 is 2.59 bits per heavy atom. The van der Waals surface area contributed by atoms with E-state index >= 15 is 0 Å². The minimum absolute atomic E-state index is 0.176. The van der Waals surface area contributed by atoms with Crippen molar-refractivity contribution in [3.63, 3.8) is 0 Å². The Bertz CT molecular complexity index is 397. The summed E-state index contributed by atoms with van der Waals surface area (Å²) in [6, 6.07) is 4.03. The summed E-state index contributed by atoms with van der Waals surface area (Å²) < 4.78 is 5.63. The van der Waals surface area contributed by atoms with Gasteiger partial charge in [-0.15, -0.1) is 0 Å². The van der Waals surface area contributed by atoms with Crippen LogP contribution in [0.5, 0.6) is 5.75 Å². The summed E-state index contributed by atoms with van der Waals surface area (Å²) in [7, 11) is 0. The molecule has 0 saturated carbocycles. The molecule has 1 aromatic rings. The first-order valence-electron chi connectivity index (χ1n) is 5.99. The molecule has 1 aromatic carbocycles. The van der Waals surface area contributed by atoms with Crippen LogP contribution < -0.4 is 4.74 Å². The number of carbonyl (C=O) groups is 1. The van der Waals surface area contributed by atoms with E-state index in [1.54, 1.807) is 0 Å². The first-order chi connectivity index (χ1) is 8.04. The van der Waals surface area contributed by atoms with Crippen LogP contribution in [0.1, 0.15) is 36.5 Å². The maximum absolute atomic E-state index is 10.6. The van der Waals surface area contributed by atoms with Crippen LogP contribution in [0.15, 0.2) is 12.1 Å². The number of hydrogen-bond donors (Lipinski definition) is 1. The van der Waals surface area contributed by atoms with Crippen molar-refractivity contribution < 1.29 is 14.6 Å². The van der Waals surface area contributed by atoms with Crippen molar-refractivity contribution in [1.29, 1.82) is 0 Å². The lowest BCUT2D eigenvalue weighted by Gasteiger charge is -2.12. The molecule has 1 N–H and O–H groups in total. The van der Waals surface area contributed by atoms with Gasteiger partial charge in [0.25, 0.3) is 0 Å². The molecule has 0 atom stereocenters. The van der Waals surface area contributed by atoms with Gasteiger partial charge in [0.1, 0.15) is 5.75 Å². The van der Waals surface area contributed by atoms with Crippen molar-refractivity contribution in [2.75, 3.05) is 6.61 Å². The molecule has 0 unspecified atom stereocenters. The zero-order valence-electron chi connectivity index (χ0n) is 10.7. The molecule has 94 valence electrons. The minimum Gasteiger partial charge on any atom is -0.493 e. The molecule has 3 nitrogen and oxygen atoms in total. The molecular weight excluding hydrogens is 216 g/mol. The smallest absolute Gasteiger partial charge is 0.303 e. The van der Waals surface area contributed by atoms with Crippen molar-refractivity contribution in [3.8, 4) is 5.75 Å². The predicted octanol–water partition coefficient (Wildman–Crippen LogP) is 3.11. The lowest BCUT2D eigenvalue weighted by atomic mass is 10.0. The van der Waals surface area contributed by atoms with Crippen molar-refractivity contribution in [3.05, 3.63) is 28.8 Å². The molecule has 0 radical (unpaired) electrons. The SMILES string of the molecule is CCCOc1cc(C)c(CCC(=O)O)cc1C. The highest BCUT2D eigenvalue weighted by Gasteiger charge is 2.07. The Morgan fingerprint density at radius 2 is 2.00 bits per heavy atom. The van der Waals surface area contributed by atoms with E-state index in [9.17, 15) is 4.79 Å². The Morgan fingerprint density at radius 1 is 1.29 bits per heavy atom. The van der Waals surface area contributed by atoms with Crippen molar-refractivity contribution >= 4 is 5.97 Å². The van der Waals surface area contributed by atoms with E-state index in [4.69, 9.17) is 9.84 Å². The van der Waals surface area contributed by atoms with Crippen molar-refractivity contribution in [2.24, 2.45) is 0 Å². The summed E-state index contributed by atoms with van der Waals surface area (Å²) in [6.45, 7) is 6.78. The summed E-state index contributed by atoms with van der Waals surface area (Å²) in [5.41, 5.74) is 3.26. The van der Waals surface area contributed by atoms with Gasteiger partial charge in [-0.25, -0.2) is 0 Å². The van der Waals surface area contributed by atoms with Gasteiger partial charge < -0.3 is 9.84 Å². The number of carboxylic acid groups (broad SMARTS) is 1. The lowest BCUT2D eigenvalue weighted by Crippen LogP contribution is -2.02. The quantitative estimate of drug-likeness (QED) is 0.825. The predicted molar refractivity (Wildman–Crippen MR) is 67.7 cm³/mol. The minimum atomic E-state index is -0.756. The molecule has 0 aliphatic rings. The van der Waals surface area contributed by atoms with E-state index < -0.39 is 5.97 Å². The van der Waals surface area contributed by atoms with Gasteiger partial charge in [-0.2, -0.15) is 0 Å². The van der Waals surface area contributed by atoms with Crippen LogP contribution in [0.2, 0.25) is 0 Å². The Hall–Kier alpha value is -1.51. The number of carboxylic acids is 1. The van der Waals surface area contributed by atoms with Gasteiger partial charge in [-0.3, -0.25) is 4.79 Å². The number of aliphatic carboxylic acids is 1. The Labute approximate surface area is 102 Å². The number of ether oxygens (including phenoxy) is 1. The maximum atomic E-state index is 10.6. The number of hydrogen-bond acceptors (Lipinski definition) is 2. The first-order valence-corrected chi connectivity index (χ1v) is 5.99. The molecule has 0 amide bonds. The molecule has 0 aromatic heterocycles. The second-order valence-corrected chi connectivity index (χ2v) is 4.29. The van der Waals surface area contributed by atoms with Gasteiger partial charge >= 0.3 is 5.97 Å². The molecule has 0 spiro atoms. The van der Waals surface area contributed by atoms with Crippen LogP contribution in [0.3, 0.4) is 0 Å². The number of aryl methyl sites for hydroxylation is 3. The molecule has 3 heteroatoms. The topological polar surface area (TPSA) is 46.5 Å². The standard InChI is InChI=1S/C14H20O3/c1-4-7-17-13-9-10(2)12(8-11(13)3)5-6-14(15)16/h8-9H,4-7H2,1-3H3,(H,15,16). The van der Waals surface area contributed by atoms with Crippen LogP contribution in [-0.4, -0.2) is 17.7 Å². The van der Waals surface area contributed by atoms with Crippen molar-refractivity contribution in [1.82, 2.24) is 0 Å². The van der Waals surface area contributed by atoms with Gasteiger partial charge in [0.2, 0.25) is 0 Å².